The Bertz CT molecular complexity index is 694. The third-order valence-electron chi connectivity index (χ3n) is 3.43. The maximum Gasteiger partial charge on any atom is 0.254 e. The average Bonchev–Trinajstić information content (AvgIpc) is 2.33. The monoisotopic (exact) mass is 334 g/mol. The first-order chi connectivity index (χ1) is 9.31. The van der Waals surface area contributed by atoms with Crippen LogP contribution in [-0.2, 0) is 0 Å². The fourth-order valence-corrected chi connectivity index (χ4v) is 2.72. The summed E-state index contributed by atoms with van der Waals surface area (Å²) in [6, 6.07) is 4.06. The third-order valence-corrected chi connectivity index (χ3v) is 4.68. The normalized spacial score (nSPS) is 11.2. The highest BCUT2D eigenvalue weighted by molar-refractivity contribution is 9.10. The van der Waals surface area contributed by atoms with Crippen molar-refractivity contribution < 1.29 is 0 Å². The standard InChI is InChI=1S/C16H19BrN2O/c1-8(2)13-11(5)18-15(19-16(13)20)12-6-9(3)14(17)10(4)7-12/h6-8H,1-5H3,(H,18,19,20). The highest BCUT2D eigenvalue weighted by Gasteiger charge is 2.13. The number of aromatic nitrogens is 2. The lowest BCUT2D eigenvalue weighted by Gasteiger charge is -2.11. The molecule has 0 fully saturated rings. The molecule has 20 heavy (non-hydrogen) atoms. The van der Waals surface area contributed by atoms with Gasteiger partial charge in [-0.05, 0) is 49.9 Å². The van der Waals surface area contributed by atoms with Crippen LogP contribution in [0.4, 0.5) is 0 Å². The molecule has 1 aromatic carbocycles. The van der Waals surface area contributed by atoms with Crippen molar-refractivity contribution in [3.8, 4) is 11.4 Å². The first kappa shape index (κ1) is 15.0. The molecule has 106 valence electrons. The summed E-state index contributed by atoms with van der Waals surface area (Å²) >= 11 is 3.55. The van der Waals surface area contributed by atoms with Gasteiger partial charge in [0.05, 0.1) is 0 Å². The molecule has 1 heterocycles. The Balaban J connectivity index is 2.63. The van der Waals surface area contributed by atoms with Gasteiger partial charge in [-0.1, -0.05) is 29.8 Å². The summed E-state index contributed by atoms with van der Waals surface area (Å²) in [5.41, 5.74) is 4.73. The van der Waals surface area contributed by atoms with E-state index in [-0.39, 0.29) is 11.5 Å². The number of nitrogens with zero attached hydrogens (tertiary/aromatic N) is 1. The molecule has 2 aromatic rings. The van der Waals surface area contributed by atoms with Crippen LogP contribution in [0.2, 0.25) is 0 Å². The molecule has 0 atom stereocenters. The molecule has 3 nitrogen and oxygen atoms in total. The molecule has 0 aliphatic carbocycles. The van der Waals surface area contributed by atoms with Crippen LogP contribution in [0.25, 0.3) is 11.4 Å². The van der Waals surface area contributed by atoms with Crippen LogP contribution >= 0.6 is 15.9 Å². The molecule has 0 bridgehead atoms. The highest BCUT2D eigenvalue weighted by Crippen LogP contribution is 2.27. The zero-order valence-corrected chi connectivity index (χ0v) is 14.1. The first-order valence-corrected chi connectivity index (χ1v) is 7.48. The van der Waals surface area contributed by atoms with Crippen LogP contribution in [0.5, 0.6) is 0 Å². The predicted octanol–water partition coefficient (Wildman–Crippen LogP) is 4.25. The molecule has 0 saturated carbocycles. The van der Waals surface area contributed by atoms with Crippen LogP contribution in [0.3, 0.4) is 0 Å². The van der Waals surface area contributed by atoms with Gasteiger partial charge in [0, 0.05) is 21.3 Å². The van der Waals surface area contributed by atoms with E-state index in [1.807, 2.05) is 46.8 Å². The zero-order chi connectivity index (χ0) is 15.0. The second-order valence-electron chi connectivity index (χ2n) is 5.49. The van der Waals surface area contributed by atoms with Crippen molar-refractivity contribution in [2.75, 3.05) is 0 Å². The van der Waals surface area contributed by atoms with E-state index in [1.54, 1.807) is 0 Å². The quantitative estimate of drug-likeness (QED) is 0.892. The Morgan fingerprint density at radius 2 is 1.70 bits per heavy atom. The summed E-state index contributed by atoms with van der Waals surface area (Å²) in [5.74, 6) is 0.810. The molecule has 0 unspecified atom stereocenters. The summed E-state index contributed by atoms with van der Waals surface area (Å²) in [6.07, 6.45) is 0. The molecule has 4 heteroatoms. The van der Waals surface area contributed by atoms with Gasteiger partial charge in [0.25, 0.3) is 5.56 Å². The maximum atomic E-state index is 12.2. The molecule has 0 aliphatic heterocycles. The van der Waals surface area contributed by atoms with E-state index in [0.717, 1.165) is 32.4 Å². The summed E-state index contributed by atoms with van der Waals surface area (Å²) in [4.78, 5) is 19.7. The van der Waals surface area contributed by atoms with Crippen molar-refractivity contribution in [3.63, 3.8) is 0 Å². The Kier molecular flexibility index (Phi) is 4.14. The minimum Gasteiger partial charge on any atom is -0.306 e. The van der Waals surface area contributed by atoms with Gasteiger partial charge in [-0.2, -0.15) is 0 Å². The van der Waals surface area contributed by atoms with Gasteiger partial charge in [0.1, 0.15) is 5.82 Å². The molecule has 0 spiro atoms. The molecule has 0 amide bonds. The van der Waals surface area contributed by atoms with E-state index < -0.39 is 0 Å². The summed E-state index contributed by atoms with van der Waals surface area (Å²) in [6.45, 7) is 9.98. The lowest BCUT2D eigenvalue weighted by molar-refractivity contribution is 0.815. The van der Waals surface area contributed by atoms with E-state index in [1.165, 1.54) is 0 Å². The summed E-state index contributed by atoms with van der Waals surface area (Å²) in [5, 5.41) is 0. The third kappa shape index (κ3) is 2.70. The second kappa shape index (κ2) is 5.52. The van der Waals surface area contributed by atoms with Gasteiger partial charge in [-0.3, -0.25) is 4.79 Å². The molecule has 0 aliphatic rings. The number of nitrogens with one attached hydrogen (secondary N) is 1. The van der Waals surface area contributed by atoms with Crippen molar-refractivity contribution in [3.05, 3.63) is 49.3 Å². The molecule has 0 radical (unpaired) electrons. The van der Waals surface area contributed by atoms with Crippen molar-refractivity contribution in [2.45, 2.75) is 40.5 Å². The minimum atomic E-state index is -0.0410. The second-order valence-corrected chi connectivity index (χ2v) is 6.29. The Morgan fingerprint density at radius 1 is 1.15 bits per heavy atom. The fraction of sp³-hybridized carbons (Fsp3) is 0.375. The molecule has 2 rings (SSSR count). The Morgan fingerprint density at radius 3 is 2.15 bits per heavy atom. The number of halogens is 1. The number of aryl methyl sites for hydroxylation is 3. The summed E-state index contributed by atoms with van der Waals surface area (Å²) in [7, 11) is 0. The SMILES string of the molecule is Cc1cc(-c2nc(C)c(C(C)C)c(=O)[nH]2)cc(C)c1Br. The Labute approximate surface area is 127 Å². The largest absolute Gasteiger partial charge is 0.306 e. The highest BCUT2D eigenvalue weighted by atomic mass is 79.9. The first-order valence-electron chi connectivity index (χ1n) is 6.69. The van der Waals surface area contributed by atoms with Crippen LogP contribution in [-0.4, -0.2) is 9.97 Å². The van der Waals surface area contributed by atoms with E-state index in [0.29, 0.717) is 5.82 Å². The van der Waals surface area contributed by atoms with Gasteiger partial charge < -0.3 is 4.98 Å². The van der Waals surface area contributed by atoms with Crippen molar-refractivity contribution in [2.24, 2.45) is 0 Å². The molecule has 0 saturated heterocycles. The Hall–Kier alpha value is -1.42. The van der Waals surface area contributed by atoms with Gasteiger partial charge in [-0.25, -0.2) is 4.98 Å². The van der Waals surface area contributed by atoms with Crippen molar-refractivity contribution in [1.82, 2.24) is 9.97 Å². The number of rotatable bonds is 2. The molecule has 1 N–H and O–H groups in total. The predicted molar refractivity (Wildman–Crippen MR) is 86.3 cm³/mol. The average molecular weight is 335 g/mol. The fourth-order valence-electron chi connectivity index (χ4n) is 2.49. The van der Waals surface area contributed by atoms with Crippen molar-refractivity contribution >= 4 is 15.9 Å². The van der Waals surface area contributed by atoms with E-state index in [4.69, 9.17) is 0 Å². The number of benzene rings is 1. The maximum absolute atomic E-state index is 12.2. The van der Waals surface area contributed by atoms with Gasteiger partial charge in [0.15, 0.2) is 0 Å². The van der Waals surface area contributed by atoms with Gasteiger partial charge in [0.2, 0.25) is 0 Å². The molecular weight excluding hydrogens is 316 g/mol. The van der Waals surface area contributed by atoms with Crippen molar-refractivity contribution in [1.29, 1.82) is 0 Å². The van der Waals surface area contributed by atoms with E-state index >= 15 is 0 Å². The van der Waals surface area contributed by atoms with E-state index in [2.05, 4.69) is 25.9 Å². The number of H-pyrrole nitrogens is 1. The lowest BCUT2D eigenvalue weighted by atomic mass is 10.0. The van der Waals surface area contributed by atoms with Crippen LogP contribution in [0, 0.1) is 20.8 Å². The minimum absolute atomic E-state index is 0.0410. The van der Waals surface area contributed by atoms with Gasteiger partial charge in [-0.15, -0.1) is 0 Å². The van der Waals surface area contributed by atoms with Crippen LogP contribution in [0.1, 0.15) is 42.1 Å². The molecule has 1 aromatic heterocycles. The lowest BCUT2D eigenvalue weighted by Crippen LogP contribution is -2.18. The topological polar surface area (TPSA) is 45.8 Å². The smallest absolute Gasteiger partial charge is 0.254 e. The van der Waals surface area contributed by atoms with Gasteiger partial charge >= 0.3 is 0 Å². The number of hydrogen-bond acceptors (Lipinski definition) is 2. The molecular formula is C16H19BrN2O. The summed E-state index contributed by atoms with van der Waals surface area (Å²) < 4.78 is 1.10. The van der Waals surface area contributed by atoms with Crippen LogP contribution in [0.15, 0.2) is 21.4 Å². The number of aromatic amines is 1. The van der Waals surface area contributed by atoms with Crippen LogP contribution < -0.4 is 5.56 Å². The van der Waals surface area contributed by atoms with E-state index in [9.17, 15) is 4.79 Å². The number of hydrogen-bond donors (Lipinski definition) is 1. The zero-order valence-electron chi connectivity index (χ0n) is 12.5.